The summed E-state index contributed by atoms with van der Waals surface area (Å²) < 4.78 is 11.4. The van der Waals surface area contributed by atoms with Gasteiger partial charge in [-0.25, -0.2) is 9.59 Å². The number of nitrogens with one attached hydrogen (secondary N) is 1. The van der Waals surface area contributed by atoms with Crippen molar-refractivity contribution in [3.63, 3.8) is 0 Å². The predicted molar refractivity (Wildman–Crippen MR) is 82.3 cm³/mol. The number of piperazine rings is 1. The topological polar surface area (TPSA) is 76.7 Å². The van der Waals surface area contributed by atoms with Crippen molar-refractivity contribution in [1.29, 1.82) is 0 Å². The van der Waals surface area contributed by atoms with Crippen molar-refractivity contribution < 1.29 is 13.9 Å². The molecule has 0 saturated carbocycles. The van der Waals surface area contributed by atoms with Gasteiger partial charge in [0.05, 0.1) is 12.8 Å². The van der Waals surface area contributed by atoms with Crippen LogP contribution in [0.5, 0.6) is 0 Å². The molecule has 0 radical (unpaired) electrons. The van der Waals surface area contributed by atoms with E-state index in [9.17, 15) is 9.59 Å². The molecule has 0 spiro atoms. The van der Waals surface area contributed by atoms with Crippen LogP contribution in [-0.2, 0) is 9.53 Å². The lowest BCUT2D eigenvalue weighted by Crippen LogP contribution is -2.43. The van der Waals surface area contributed by atoms with Crippen molar-refractivity contribution in [2.75, 3.05) is 38.2 Å². The number of anilines is 1. The number of carbonyl (C=O) groups excluding carboxylic acids is 1. The van der Waals surface area contributed by atoms with Gasteiger partial charge in [-0.15, -0.1) is 0 Å². The highest BCUT2D eigenvalue weighted by Gasteiger charge is 2.25. The Labute approximate surface area is 127 Å². The second-order valence-corrected chi connectivity index (χ2v) is 5.30. The first-order valence-corrected chi connectivity index (χ1v) is 7.31. The van der Waals surface area contributed by atoms with Gasteiger partial charge in [-0.05, 0) is 19.1 Å². The van der Waals surface area contributed by atoms with E-state index in [1.54, 1.807) is 13.0 Å². The Hall–Kier alpha value is -2.28. The minimum atomic E-state index is -0.734. The summed E-state index contributed by atoms with van der Waals surface area (Å²) in [5.74, 6) is -1.02. The van der Waals surface area contributed by atoms with Crippen LogP contribution in [0.1, 0.15) is 13.0 Å². The first-order valence-electron chi connectivity index (χ1n) is 7.31. The number of rotatable bonds is 3. The lowest BCUT2D eigenvalue weighted by Gasteiger charge is -2.30. The van der Waals surface area contributed by atoms with E-state index in [0.29, 0.717) is 11.1 Å². The molecule has 1 N–H and O–H groups in total. The summed E-state index contributed by atoms with van der Waals surface area (Å²) in [4.78, 5) is 26.2. The van der Waals surface area contributed by atoms with Crippen LogP contribution in [0.25, 0.3) is 11.1 Å². The number of hydrogen-bond acceptors (Lipinski definition) is 6. The minimum Gasteiger partial charge on any atom is -0.467 e. The molecule has 1 saturated heterocycles. The van der Waals surface area contributed by atoms with Crippen LogP contribution in [0, 0.1) is 0 Å². The molecule has 7 nitrogen and oxygen atoms in total. The summed E-state index contributed by atoms with van der Waals surface area (Å²) in [6, 6.07) is 4.81. The number of aromatic nitrogens is 1. The zero-order valence-electron chi connectivity index (χ0n) is 12.7. The molecular formula is C15H19N3O4. The van der Waals surface area contributed by atoms with Gasteiger partial charge in [0.15, 0.2) is 5.58 Å². The normalized spacial score (nSPS) is 16.7. The number of methoxy groups -OCH3 is 1. The zero-order chi connectivity index (χ0) is 15.7. The smallest absolute Gasteiger partial charge is 0.420 e. The maximum Gasteiger partial charge on any atom is 0.420 e. The van der Waals surface area contributed by atoms with Gasteiger partial charge >= 0.3 is 11.7 Å². The van der Waals surface area contributed by atoms with Crippen LogP contribution < -0.4 is 16.0 Å². The summed E-state index contributed by atoms with van der Waals surface area (Å²) in [6.07, 6.45) is 0. The summed E-state index contributed by atoms with van der Waals surface area (Å²) in [5, 5.41) is 3.29. The number of benzene rings is 1. The summed E-state index contributed by atoms with van der Waals surface area (Å²) in [5.41, 5.74) is 2.03. The summed E-state index contributed by atoms with van der Waals surface area (Å²) in [6.45, 7) is 5.07. The Morgan fingerprint density at radius 3 is 2.77 bits per heavy atom. The highest BCUT2D eigenvalue weighted by molar-refractivity contribution is 5.89. The lowest BCUT2D eigenvalue weighted by atomic mass is 10.2. The maximum atomic E-state index is 12.2. The highest BCUT2D eigenvalue weighted by atomic mass is 16.5. The van der Waals surface area contributed by atoms with Gasteiger partial charge < -0.3 is 19.4 Å². The second-order valence-electron chi connectivity index (χ2n) is 5.30. The van der Waals surface area contributed by atoms with Gasteiger partial charge in [0.1, 0.15) is 11.6 Å². The number of fused-ring (bicyclic) bond motifs is 1. The van der Waals surface area contributed by atoms with E-state index in [4.69, 9.17) is 9.15 Å². The number of oxazole rings is 1. The molecule has 118 valence electrons. The lowest BCUT2D eigenvalue weighted by molar-refractivity contribution is -0.144. The van der Waals surface area contributed by atoms with E-state index in [0.717, 1.165) is 31.9 Å². The molecule has 7 heteroatoms. The van der Waals surface area contributed by atoms with Crippen molar-refractivity contribution in [2.45, 2.75) is 13.0 Å². The van der Waals surface area contributed by atoms with Crippen LogP contribution in [0.3, 0.4) is 0 Å². The molecule has 0 aliphatic carbocycles. The molecule has 0 amide bonds. The third-order valence-electron chi connectivity index (χ3n) is 4.00. The molecule has 0 bridgehead atoms. The maximum absolute atomic E-state index is 12.2. The van der Waals surface area contributed by atoms with E-state index in [2.05, 4.69) is 10.2 Å². The number of nitrogens with zero attached hydrogens (tertiary/aromatic N) is 2. The molecule has 1 unspecified atom stereocenters. The van der Waals surface area contributed by atoms with Crippen molar-refractivity contribution in [2.24, 2.45) is 0 Å². The van der Waals surface area contributed by atoms with E-state index >= 15 is 0 Å². The Kier molecular flexibility index (Phi) is 3.89. The van der Waals surface area contributed by atoms with Crippen molar-refractivity contribution in [3.05, 3.63) is 28.7 Å². The molecule has 3 rings (SSSR count). The van der Waals surface area contributed by atoms with Crippen LogP contribution >= 0.6 is 0 Å². The molecule has 1 aromatic carbocycles. The second kappa shape index (κ2) is 5.84. The largest absolute Gasteiger partial charge is 0.467 e. The Balaban J connectivity index is 2.17. The van der Waals surface area contributed by atoms with Crippen LogP contribution in [0.15, 0.2) is 27.4 Å². The van der Waals surface area contributed by atoms with E-state index in [-0.39, 0.29) is 0 Å². The minimum absolute atomic E-state index is 0.472. The van der Waals surface area contributed by atoms with Crippen molar-refractivity contribution >= 4 is 22.8 Å². The van der Waals surface area contributed by atoms with Gasteiger partial charge in [-0.3, -0.25) is 4.57 Å². The number of hydrogen-bond donors (Lipinski definition) is 1. The van der Waals surface area contributed by atoms with Crippen LogP contribution in [0.2, 0.25) is 0 Å². The van der Waals surface area contributed by atoms with E-state index in [1.807, 2.05) is 12.1 Å². The highest BCUT2D eigenvalue weighted by Crippen LogP contribution is 2.28. The third-order valence-corrected chi connectivity index (χ3v) is 4.00. The first kappa shape index (κ1) is 14.6. The molecule has 22 heavy (non-hydrogen) atoms. The Morgan fingerprint density at radius 2 is 2.09 bits per heavy atom. The number of esters is 1. The van der Waals surface area contributed by atoms with Gasteiger partial charge in [0.2, 0.25) is 0 Å². The fourth-order valence-corrected chi connectivity index (χ4v) is 2.86. The average Bonchev–Trinajstić information content (AvgIpc) is 2.90. The Morgan fingerprint density at radius 1 is 1.36 bits per heavy atom. The van der Waals surface area contributed by atoms with Crippen LogP contribution in [0.4, 0.5) is 5.69 Å². The zero-order valence-corrected chi connectivity index (χ0v) is 12.7. The SMILES string of the molecule is COC(=O)C(C)n1c(=O)oc2cccc(N3CCNCC3)c21. The Bertz CT molecular complexity index is 743. The average molecular weight is 305 g/mol. The predicted octanol–water partition coefficient (Wildman–Crippen LogP) is 0.738. The van der Waals surface area contributed by atoms with E-state index in [1.165, 1.54) is 11.7 Å². The summed E-state index contributed by atoms with van der Waals surface area (Å²) >= 11 is 0. The molecule has 1 aliphatic heterocycles. The molecule has 1 aliphatic rings. The molecular weight excluding hydrogens is 286 g/mol. The third kappa shape index (κ3) is 2.37. The number of carbonyl (C=O) groups is 1. The summed E-state index contributed by atoms with van der Waals surface area (Å²) in [7, 11) is 1.31. The van der Waals surface area contributed by atoms with Gasteiger partial charge in [-0.2, -0.15) is 0 Å². The van der Waals surface area contributed by atoms with E-state index < -0.39 is 17.8 Å². The quantitative estimate of drug-likeness (QED) is 0.843. The van der Waals surface area contributed by atoms with Crippen molar-refractivity contribution in [3.8, 4) is 0 Å². The fourth-order valence-electron chi connectivity index (χ4n) is 2.86. The van der Waals surface area contributed by atoms with Crippen LogP contribution in [-0.4, -0.2) is 43.8 Å². The van der Waals surface area contributed by atoms with Gasteiger partial charge in [-0.1, -0.05) is 6.07 Å². The molecule has 2 aromatic rings. The van der Waals surface area contributed by atoms with Gasteiger partial charge in [0.25, 0.3) is 0 Å². The number of ether oxygens (including phenoxy) is 1. The molecule has 1 atom stereocenters. The molecule has 1 fully saturated rings. The first-order chi connectivity index (χ1) is 10.6. The number of para-hydroxylation sites is 1. The standard InChI is InChI=1S/C15H19N3O4/c1-10(14(19)21-2)18-13-11(17-8-6-16-7-9-17)4-3-5-12(13)22-15(18)20/h3-5,10,16H,6-9H2,1-2H3. The van der Waals surface area contributed by atoms with Crippen molar-refractivity contribution in [1.82, 2.24) is 9.88 Å². The molecule has 1 aromatic heterocycles. The monoisotopic (exact) mass is 305 g/mol. The fraction of sp³-hybridized carbons (Fsp3) is 0.467. The van der Waals surface area contributed by atoms with Gasteiger partial charge in [0, 0.05) is 26.2 Å². The molecule has 2 heterocycles.